The smallest absolute Gasteiger partial charge is 0.257 e. The van der Waals surface area contributed by atoms with Gasteiger partial charge >= 0.3 is 0 Å². The van der Waals surface area contributed by atoms with Crippen molar-refractivity contribution in [2.75, 3.05) is 7.05 Å². The molecule has 0 fully saturated rings. The van der Waals surface area contributed by atoms with Crippen molar-refractivity contribution in [3.8, 4) is 0 Å². The van der Waals surface area contributed by atoms with Crippen LogP contribution in [0.3, 0.4) is 0 Å². The lowest BCUT2D eigenvalue weighted by molar-refractivity contribution is 0.0781. The second-order valence-electron chi connectivity index (χ2n) is 4.30. The molecule has 1 amide bonds. The Morgan fingerprint density at radius 1 is 1.50 bits per heavy atom. The molecule has 2 rings (SSSR count). The summed E-state index contributed by atoms with van der Waals surface area (Å²) in [6.07, 6.45) is 1.72. The maximum atomic E-state index is 12.2. The molecule has 18 heavy (non-hydrogen) atoms. The van der Waals surface area contributed by atoms with Crippen LogP contribution in [-0.2, 0) is 13.6 Å². The number of carbonyl (C=O) groups is 1. The highest BCUT2D eigenvalue weighted by Crippen LogP contribution is 2.09. The quantitative estimate of drug-likeness (QED) is 0.854. The largest absolute Gasteiger partial charge is 0.334 e. The minimum absolute atomic E-state index is 0.0805. The molecule has 0 radical (unpaired) electrons. The van der Waals surface area contributed by atoms with Crippen LogP contribution in [-0.4, -0.2) is 42.8 Å². The zero-order valence-electron chi connectivity index (χ0n) is 10.9. The molecule has 0 bridgehead atoms. The third-order valence-electron chi connectivity index (χ3n) is 2.61. The Kier molecular flexibility index (Phi) is 3.14. The van der Waals surface area contributed by atoms with E-state index in [-0.39, 0.29) is 5.91 Å². The molecule has 2 aromatic rings. The summed E-state index contributed by atoms with van der Waals surface area (Å²) in [5, 5.41) is 10.9. The Bertz CT molecular complexity index is 570. The average molecular weight is 248 g/mol. The van der Waals surface area contributed by atoms with Crippen LogP contribution < -0.4 is 0 Å². The number of nitrogens with one attached hydrogen (secondary N) is 1. The van der Waals surface area contributed by atoms with Gasteiger partial charge in [-0.1, -0.05) is 0 Å². The van der Waals surface area contributed by atoms with Crippen molar-refractivity contribution in [3.63, 3.8) is 0 Å². The van der Waals surface area contributed by atoms with Gasteiger partial charge in [0.05, 0.1) is 17.8 Å². The van der Waals surface area contributed by atoms with E-state index in [4.69, 9.17) is 0 Å². The zero-order valence-corrected chi connectivity index (χ0v) is 10.9. The van der Waals surface area contributed by atoms with E-state index >= 15 is 0 Å². The van der Waals surface area contributed by atoms with Gasteiger partial charge < -0.3 is 4.90 Å². The van der Waals surface area contributed by atoms with Crippen molar-refractivity contribution in [2.24, 2.45) is 7.05 Å². The first kappa shape index (κ1) is 12.3. The van der Waals surface area contributed by atoms with Gasteiger partial charge in [-0.15, -0.1) is 0 Å². The maximum absolute atomic E-state index is 12.2. The molecule has 7 heteroatoms. The van der Waals surface area contributed by atoms with Crippen molar-refractivity contribution in [2.45, 2.75) is 20.4 Å². The van der Waals surface area contributed by atoms with Crippen molar-refractivity contribution < 1.29 is 4.79 Å². The molecule has 7 nitrogen and oxygen atoms in total. The highest BCUT2D eigenvalue weighted by atomic mass is 16.2. The van der Waals surface area contributed by atoms with Gasteiger partial charge in [-0.05, 0) is 13.8 Å². The van der Waals surface area contributed by atoms with E-state index in [1.807, 2.05) is 13.8 Å². The number of hydrogen-bond acceptors (Lipinski definition) is 4. The lowest BCUT2D eigenvalue weighted by atomic mass is 10.2. The Labute approximate surface area is 105 Å². The number of amides is 1. The number of rotatable bonds is 3. The summed E-state index contributed by atoms with van der Waals surface area (Å²) < 4.78 is 1.63. The molecular weight excluding hydrogens is 232 g/mol. The second-order valence-corrected chi connectivity index (χ2v) is 4.30. The van der Waals surface area contributed by atoms with E-state index in [9.17, 15) is 4.79 Å². The summed E-state index contributed by atoms with van der Waals surface area (Å²) in [7, 11) is 3.52. The molecule has 0 aliphatic carbocycles. The van der Waals surface area contributed by atoms with Crippen LogP contribution in [0, 0.1) is 13.8 Å². The van der Waals surface area contributed by atoms with Crippen LogP contribution in [0.4, 0.5) is 0 Å². The highest BCUT2D eigenvalue weighted by Gasteiger charge is 2.18. The van der Waals surface area contributed by atoms with Crippen molar-refractivity contribution >= 4 is 5.91 Å². The second kappa shape index (κ2) is 4.59. The van der Waals surface area contributed by atoms with Gasteiger partial charge in [0.1, 0.15) is 5.82 Å². The lowest BCUT2D eigenvalue weighted by Gasteiger charge is -2.14. The first-order valence-corrected chi connectivity index (χ1v) is 5.61. The predicted octanol–water partition coefficient (Wildman–Crippen LogP) is 0.427. The van der Waals surface area contributed by atoms with Crippen LogP contribution >= 0.6 is 0 Å². The first-order chi connectivity index (χ1) is 8.47. The number of aromatic amines is 1. The van der Waals surface area contributed by atoms with Gasteiger partial charge in [0.2, 0.25) is 0 Å². The van der Waals surface area contributed by atoms with Gasteiger partial charge in [-0.2, -0.15) is 10.2 Å². The molecule has 0 aliphatic rings. The summed E-state index contributed by atoms with van der Waals surface area (Å²) >= 11 is 0. The van der Waals surface area contributed by atoms with E-state index in [0.717, 1.165) is 11.5 Å². The third kappa shape index (κ3) is 2.39. The Balaban J connectivity index is 2.11. The van der Waals surface area contributed by atoms with Crippen LogP contribution in [0.1, 0.15) is 27.7 Å². The fourth-order valence-electron chi connectivity index (χ4n) is 1.76. The topological polar surface area (TPSA) is 79.7 Å². The van der Waals surface area contributed by atoms with Crippen molar-refractivity contribution in [1.29, 1.82) is 0 Å². The van der Waals surface area contributed by atoms with E-state index < -0.39 is 0 Å². The average Bonchev–Trinajstić information content (AvgIpc) is 2.84. The summed E-state index contributed by atoms with van der Waals surface area (Å²) in [6.45, 7) is 4.01. The molecule has 0 unspecified atom stereocenters. The molecule has 96 valence electrons. The summed E-state index contributed by atoms with van der Waals surface area (Å²) in [5.41, 5.74) is 1.33. The molecule has 2 aromatic heterocycles. The van der Waals surface area contributed by atoms with Crippen molar-refractivity contribution in [3.05, 3.63) is 29.1 Å². The number of aryl methyl sites for hydroxylation is 3. The molecule has 0 spiro atoms. The minimum Gasteiger partial charge on any atom is -0.334 e. The summed E-state index contributed by atoms with van der Waals surface area (Å²) in [5.74, 6) is 1.26. The van der Waals surface area contributed by atoms with Crippen LogP contribution in [0.25, 0.3) is 0 Å². The van der Waals surface area contributed by atoms with Crippen molar-refractivity contribution in [1.82, 2.24) is 29.9 Å². The SMILES string of the molecule is Cc1nc(CN(C)C(=O)c2cn(C)nc2C)n[nH]1. The number of aromatic nitrogens is 5. The monoisotopic (exact) mass is 248 g/mol. The molecule has 0 aromatic carbocycles. The van der Waals surface area contributed by atoms with E-state index in [2.05, 4.69) is 20.3 Å². The van der Waals surface area contributed by atoms with E-state index in [1.54, 1.807) is 29.9 Å². The van der Waals surface area contributed by atoms with Gasteiger partial charge in [0, 0.05) is 20.3 Å². The lowest BCUT2D eigenvalue weighted by Crippen LogP contribution is -2.27. The predicted molar refractivity (Wildman–Crippen MR) is 64.9 cm³/mol. The van der Waals surface area contributed by atoms with Crippen LogP contribution in [0.5, 0.6) is 0 Å². The van der Waals surface area contributed by atoms with Gasteiger partial charge in [-0.3, -0.25) is 14.6 Å². The van der Waals surface area contributed by atoms with Crippen LogP contribution in [0.2, 0.25) is 0 Å². The Morgan fingerprint density at radius 2 is 2.22 bits per heavy atom. The molecule has 0 saturated heterocycles. The highest BCUT2D eigenvalue weighted by molar-refractivity contribution is 5.94. The van der Waals surface area contributed by atoms with Gasteiger partial charge in [0.15, 0.2) is 5.82 Å². The first-order valence-electron chi connectivity index (χ1n) is 5.61. The number of carbonyl (C=O) groups excluding carboxylic acids is 1. The fourth-order valence-corrected chi connectivity index (χ4v) is 1.76. The number of hydrogen-bond donors (Lipinski definition) is 1. The zero-order chi connectivity index (χ0) is 13.3. The molecule has 0 atom stereocenters. The standard InChI is InChI=1S/C11H16N6O/c1-7-9(5-17(4)15-7)11(18)16(3)6-10-12-8(2)13-14-10/h5H,6H2,1-4H3,(H,12,13,14). The number of nitrogens with zero attached hydrogens (tertiary/aromatic N) is 5. The summed E-state index contributed by atoms with van der Waals surface area (Å²) in [6, 6.07) is 0. The molecule has 1 N–H and O–H groups in total. The fraction of sp³-hybridized carbons (Fsp3) is 0.455. The minimum atomic E-state index is -0.0805. The normalized spacial score (nSPS) is 10.7. The van der Waals surface area contributed by atoms with E-state index in [1.165, 1.54) is 0 Å². The van der Waals surface area contributed by atoms with E-state index in [0.29, 0.717) is 17.9 Å². The number of H-pyrrole nitrogens is 1. The molecule has 0 aliphatic heterocycles. The molecule has 0 saturated carbocycles. The maximum Gasteiger partial charge on any atom is 0.257 e. The Morgan fingerprint density at radius 3 is 2.72 bits per heavy atom. The third-order valence-corrected chi connectivity index (χ3v) is 2.61. The summed E-state index contributed by atoms with van der Waals surface area (Å²) in [4.78, 5) is 17.9. The molecule has 2 heterocycles. The van der Waals surface area contributed by atoms with Gasteiger partial charge in [0.25, 0.3) is 5.91 Å². The Hall–Kier alpha value is -2.18. The van der Waals surface area contributed by atoms with Gasteiger partial charge in [-0.25, -0.2) is 4.98 Å². The van der Waals surface area contributed by atoms with Crippen LogP contribution in [0.15, 0.2) is 6.20 Å². The molecular formula is C11H16N6O.